The molecule has 0 bridgehead atoms. The molecule has 1 aliphatic carbocycles. The van der Waals surface area contributed by atoms with Crippen LogP contribution in [-0.2, 0) is 4.74 Å². The second-order valence-electron chi connectivity index (χ2n) is 6.16. The zero-order valence-electron chi connectivity index (χ0n) is 12.1. The monoisotopic (exact) mass is 252 g/mol. The minimum atomic E-state index is -0.293. The second-order valence-corrected chi connectivity index (χ2v) is 6.16. The van der Waals surface area contributed by atoms with E-state index in [1.165, 1.54) is 31.3 Å². The molecule has 2 rings (SSSR count). The molecule has 0 aromatic rings. The molecular formula is C16H28O2. The van der Waals surface area contributed by atoms with Gasteiger partial charge in [0.15, 0.2) is 0 Å². The quantitative estimate of drug-likeness (QED) is 0.760. The molecule has 0 aromatic heterocycles. The summed E-state index contributed by atoms with van der Waals surface area (Å²) in [5.74, 6) is 0.715. The first-order chi connectivity index (χ1) is 8.61. The van der Waals surface area contributed by atoms with E-state index in [9.17, 15) is 5.11 Å². The van der Waals surface area contributed by atoms with Crippen LogP contribution in [0.5, 0.6) is 0 Å². The van der Waals surface area contributed by atoms with Crippen molar-refractivity contribution < 1.29 is 9.84 Å². The minimum Gasteiger partial charge on any atom is -0.388 e. The number of rotatable bonds is 2. The van der Waals surface area contributed by atoms with Crippen molar-refractivity contribution in [3.05, 3.63) is 11.6 Å². The zero-order valence-corrected chi connectivity index (χ0v) is 12.1. The van der Waals surface area contributed by atoms with Gasteiger partial charge in [0, 0.05) is 5.92 Å². The third kappa shape index (κ3) is 2.97. The number of allylic oxidation sites excluding steroid dienone is 1. The summed E-state index contributed by atoms with van der Waals surface area (Å²) in [4.78, 5) is 0. The van der Waals surface area contributed by atoms with Crippen molar-refractivity contribution in [2.75, 3.05) is 0 Å². The molecule has 0 amide bonds. The lowest BCUT2D eigenvalue weighted by Gasteiger charge is -2.27. The molecule has 18 heavy (non-hydrogen) atoms. The van der Waals surface area contributed by atoms with E-state index < -0.39 is 0 Å². The van der Waals surface area contributed by atoms with Crippen molar-refractivity contribution in [3.63, 3.8) is 0 Å². The number of hydrogen-bond donors (Lipinski definition) is 1. The average Bonchev–Trinajstić information content (AvgIpc) is 2.52. The van der Waals surface area contributed by atoms with Crippen LogP contribution in [0.1, 0.15) is 59.3 Å². The Balaban J connectivity index is 2.07. The number of hydrogen-bond acceptors (Lipinski definition) is 2. The van der Waals surface area contributed by atoms with Crippen LogP contribution < -0.4 is 0 Å². The van der Waals surface area contributed by atoms with Crippen LogP contribution in [0.3, 0.4) is 0 Å². The third-order valence-electron chi connectivity index (χ3n) is 4.89. The molecule has 0 radical (unpaired) electrons. The molecule has 5 unspecified atom stereocenters. The maximum Gasteiger partial charge on any atom is 0.0806 e. The molecule has 1 aliphatic heterocycles. The summed E-state index contributed by atoms with van der Waals surface area (Å²) in [7, 11) is 0. The summed E-state index contributed by atoms with van der Waals surface area (Å²) < 4.78 is 5.87. The van der Waals surface area contributed by atoms with E-state index in [1.807, 2.05) is 0 Å². The Hall–Kier alpha value is -0.340. The molecule has 2 aliphatic rings. The Morgan fingerprint density at radius 2 is 1.83 bits per heavy atom. The van der Waals surface area contributed by atoms with E-state index in [2.05, 4.69) is 26.8 Å². The van der Waals surface area contributed by atoms with Gasteiger partial charge in [-0.25, -0.2) is 0 Å². The smallest absolute Gasteiger partial charge is 0.0806 e. The van der Waals surface area contributed by atoms with Crippen LogP contribution in [0.2, 0.25) is 0 Å². The minimum absolute atomic E-state index is 0.177. The van der Waals surface area contributed by atoms with Gasteiger partial charge in [0.1, 0.15) is 0 Å². The maximum absolute atomic E-state index is 10.7. The molecule has 104 valence electrons. The third-order valence-corrected chi connectivity index (χ3v) is 4.89. The maximum atomic E-state index is 10.7. The Morgan fingerprint density at radius 1 is 1.11 bits per heavy atom. The molecule has 0 aromatic carbocycles. The fourth-order valence-corrected chi connectivity index (χ4v) is 3.57. The molecule has 1 N–H and O–H groups in total. The molecule has 1 heterocycles. The SMILES string of the molecule is CC1OC(C)C(C(O)C2=CCCCCCC2)C1C. The highest BCUT2D eigenvalue weighted by Crippen LogP contribution is 2.38. The second kappa shape index (κ2) is 6.21. The van der Waals surface area contributed by atoms with Gasteiger partial charge in [-0.05, 0) is 51.0 Å². The lowest BCUT2D eigenvalue weighted by atomic mass is 9.80. The summed E-state index contributed by atoms with van der Waals surface area (Å²) >= 11 is 0. The highest BCUT2D eigenvalue weighted by molar-refractivity contribution is 5.13. The first kappa shape index (κ1) is 14.1. The Labute approximate surface area is 111 Å². The molecule has 1 saturated heterocycles. The molecule has 1 fully saturated rings. The van der Waals surface area contributed by atoms with Gasteiger partial charge in [-0.3, -0.25) is 0 Å². The van der Waals surface area contributed by atoms with Crippen LogP contribution in [0, 0.1) is 11.8 Å². The van der Waals surface area contributed by atoms with Crippen molar-refractivity contribution in [2.24, 2.45) is 11.8 Å². The standard InChI is InChI=1S/C16H28O2/c1-11-12(2)18-13(3)15(11)16(17)14-9-7-5-4-6-8-10-14/h9,11-13,15-17H,4-8,10H2,1-3H3. The average molecular weight is 252 g/mol. The Morgan fingerprint density at radius 3 is 2.50 bits per heavy atom. The van der Waals surface area contributed by atoms with Gasteiger partial charge in [0.05, 0.1) is 18.3 Å². The van der Waals surface area contributed by atoms with E-state index in [4.69, 9.17) is 4.74 Å². The van der Waals surface area contributed by atoms with Crippen molar-refractivity contribution >= 4 is 0 Å². The number of aliphatic hydroxyl groups excluding tert-OH is 1. The van der Waals surface area contributed by atoms with Gasteiger partial charge >= 0.3 is 0 Å². The summed E-state index contributed by atoms with van der Waals surface area (Å²) in [6.45, 7) is 6.45. The summed E-state index contributed by atoms with van der Waals surface area (Å²) in [6.07, 6.45) is 9.83. The zero-order chi connectivity index (χ0) is 13.1. The van der Waals surface area contributed by atoms with Crippen LogP contribution in [0.4, 0.5) is 0 Å². The van der Waals surface area contributed by atoms with E-state index in [0.29, 0.717) is 5.92 Å². The molecule has 5 atom stereocenters. The number of aliphatic hydroxyl groups is 1. The first-order valence-corrected chi connectivity index (χ1v) is 7.63. The van der Waals surface area contributed by atoms with Crippen molar-refractivity contribution in [1.29, 1.82) is 0 Å². The number of ether oxygens (including phenoxy) is 1. The fourth-order valence-electron chi connectivity index (χ4n) is 3.57. The molecular weight excluding hydrogens is 224 g/mol. The van der Waals surface area contributed by atoms with Crippen LogP contribution in [-0.4, -0.2) is 23.4 Å². The predicted octanol–water partition coefficient (Wildman–Crippen LogP) is 3.69. The van der Waals surface area contributed by atoms with Crippen molar-refractivity contribution in [1.82, 2.24) is 0 Å². The first-order valence-electron chi connectivity index (χ1n) is 7.63. The lowest BCUT2D eigenvalue weighted by molar-refractivity contribution is 0.0321. The lowest BCUT2D eigenvalue weighted by Crippen LogP contribution is -2.32. The largest absolute Gasteiger partial charge is 0.388 e. The van der Waals surface area contributed by atoms with Gasteiger partial charge < -0.3 is 9.84 Å². The van der Waals surface area contributed by atoms with E-state index in [0.717, 1.165) is 12.8 Å². The Bertz CT molecular complexity index is 297. The molecule has 2 heteroatoms. The van der Waals surface area contributed by atoms with Crippen LogP contribution in [0.25, 0.3) is 0 Å². The van der Waals surface area contributed by atoms with Gasteiger partial charge in [0.25, 0.3) is 0 Å². The van der Waals surface area contributed by atoms with Gasteiger partial charge in [0.2, 0.25) is 0 Å². The summed E-state index contributed by atoms with van der Waals surface area (Å²) in [6, 6.07) is 0. The van der Waals surface area contributed by atoms with E-state index in [-0.39, 0.29) is 24.2 Å². The molecule has 0 saturated carbocycles. The Kier molecular flexibility index (Phi) is 4.85. The van der Waals surface area contributed by atoms with Gasteiger partial charge in [-0.15, -0.1) is 0 Å². The molecule has 2 nitrogen and oxygen atoms in total. The van der Waals surface area contributed by atoms with Gasteiger partial charge in [-0.1, -0.05) is 25.8 Å². The van der Waals surface area contributed by atoms with E-state index in [1.54, 1.807) is 0 Å². The van der Waals surface area contributed by atoms with Gasteiger partial charge in [-0.2, -0.15) is 0 Å². The van der Waals surface area contributed by atoms with Crippen LogP contribution in [0.15, 0.2) is 11.6 Å². The normalized spacial score (nSPS) is 39.9. The van der Waals surface area contributed by atoms with Crippen molar-refractivity contribution in [2.45, 2.75) is 77.6 Å². The summed E-state index contributed by atoms with van der Waals surface area (Å²) in [5.41, 5.74) is 1.27. The summed E-state index contributed by atoms with van der Waals surface area (Å²) in [5, 5.41) is 10.7. The molecule has 0 spiro atoms. The fraction of sp³-hybridized carbons (Fsp3) is 0.875. The topological polar surface area (TPSA) is 29.5 Å². The highest BCUT2D eigenvalue weighted by Gasteiger charge is 2.41. The highest BCUT2D eigenvalue weighted by atomic mass is 16.5. The van der Waals surface area contributed by atoms with Crippen LogP contribution >= 0.6 is 0 Å². The van der Waals surface area contributed by atoms with Crippen molar-refractivity contribution in [3.8, 4) is 0 Å². The van der Waals surface area contributed by atoms with E-state index >= 15 is 0 Å². The predicted molar refractivity (Wildman–Crippen MR) is 74.5 cm³/mol.